The van der Waals surface area contributed by atoms with Gasteiger partial charge in [-0.15, -0.1) is 11.3 Å². The molecule has 3 rings (SSSR count). The van der Waals surface area contributed by atoms with Gasteiger partial charge in [-0.25, -0.2) is 9.78 Å². The summed E-state index contributed by atoms with van der Waals surface area (Å²) >= 11 is 1.57. The van der Waals surface area contributed by atoms with E-state index in [1.165, 1.54) is 0 Å². The molecule has 1 N–H and O–H groups in total. The molecule has 0 unspecified atom stereocenters. The maximum absolute atomic E-state index is 12.1. The minimum absolute atomic E-state index is 0.341. The number of benzene rings is 2. The molecule has 0 aliphatic carbocycles. The third-order valence-electron chi connectivity index (χ3n) is 4.14. The monoisotopic (exact) mass is 380 g/mol. The van der Waals surface area contributed by atoms with Crippen molar-refractivity contribution in [1.82, 2.24) is 4.98 Å². The zero-order valence-electron chi connectivity index (χ0n) is 15.4. The fourth-order valence-electron chi connectivity index (χ4n) is 2.53. The molecule has 0 aliphatic rings. The van der Waals surface area contributed by atoms with E-state index in [2.05, 4.69) is 10.3 Å². The first-order chi connectivity index (χ1) is 12.9. The summed E-state index contributed by atoms with van der Waals surface area (Å²) in [4.78, 5) is 28.7. The Bertz CT molecular complexity index is 995. The van der Waals surface area contributed by atoms with E-state index < -0.39 is 11.9 Å². The summed E-state index contributed by atoms with van der Waals surface area (Å²) < 4.78 is 5.11. The largest absolute Gasteiger partial charge is 0.452 e. The lowest BCUT2D eigenvalue weighted by atomic mass is 10.1. The number of esters is 1. The summed E-state index contributed by atoms with van der Waals surface area (Å²) in [5.41, 5.74) is 4.96. The molecule has 2 aromatic carbocycles. The minimum Gasteiger partial charge on any atom is -0.452 e. The van der Waals surface area contributed by atoms with Crippen LogP contribution in [0.25, 0.3) is 11.3 Å². The van der Waals surface area contributed by atoms with Crippen molar-refractivity contribution in [3.8, 4) is 11.3 Å². The Balaban J connectivity index is 1.59. The highest BCUT2D eigenvalue weighted by Gasteiger charge is 2.12. The second-order valence-electron chi connectivity index (χ2n) is 6.26. The number of nitrogens with one attached hydrogen (secondary N) is 1. The molecule has 0 bridgehead atoms. The zero-order chi connectivity index (χ0) is 19.4. The van der Waals surface area contributed by atoms with Crippen LogP contribution in [0.1, 0.15) is 26.5 Å². The Kier molecular flexibility index (Phi) is 5.66. The van der Waals surface area contributed by atoms with Crippen LogP contribution in [0.3, 0.4) is 0 Å². The van der Waals surface area contributed by atoms with Gasteiger partial charge in [0, 0.05) is 16.6 Å². The van der Waals surface area contributed by atoms with Crippen molar-refractivity contribution in [2.24, 2.45) is 0 Å². The number of rotatable bonds is 5. The van der Waals surface area contributed by atoms with E-state index in [1.54, 1.807) is 29.5 Å². The van der Waals surface area contributed by atoms with Gasteiger partial charge in [0.25, 0.3) is 5.91 Å². The molecule has 5 nitrogen and oxygen atoms in total. The highest BCUT2D eigenvalue weighted by atomic mass is 32.1. The first-order valence-electron chi connectivity index (χ1n) is 8.49. The first-order valence-corrected chi connectivity index (χ1v) is 9.37. The predicted octanol–water partition coefficient (Wildman–Crippen LogP) is 4.53. The molecule has 27 heavy (non-hydrogen) atoms. The van der Waals surface area contributed by atoms with Crippen LogP contribution in [0.2, 0.25) is 0 Å². The van der Waals surface area contributed by atoms with Crippen LogP contribution < -0.4 is 5.32 Å². The van der Waals surface area contributed by atoms with Gasteiger partial charge in [-0.3, -0.25) is 4.79 Å². The summed E-state index contributed by atoms with van der Waals surface area (Å²) in [6.07, 6.45) is 0. The van der Waals surface area contributed by atoms with Gasteiger partial charge >= 0.3 is 5.97 Å². The first kappa shape index (κ1) is 18.8. The molecule has 0 fully saturated rings. The number of hydrogen-bond acceptors (Lipinski definition) is 5. The molecule has 0 atom stereocenters. The quantitative estimate of drug-likeness (QED) is 0.660. The number of thiazole rings is 1. The lowest BCUT2D eigenvalue weighted by Crippen LogP contribution is -2.21. The van der Waals surface area contributed by atoms with E-state index in [0.717, 1.165) is 27.4 Å². The number of aromatic nitrogens is 1. The second-order valence-corrected chi connectivity index (χ2v) is 7.32. The summed E-state index contributed by atoms with van der Waals surface area (Å²) in [6, 6.07) is 12.7. The molecule has 0 saturated carbocycles. The zero-order valence-corrected chi connectivity index (χ0v) is 16.2. The lowest BCUT2D eigenvalue weighted by Gasteiger charge is -2.08. The number of ether oxygens (including phenoxy) is 1. The van der Waals surface area contributed by atoms with Gasteiger partial charge in [-0.2, -0.15) is 0 Å². The Morgan fingerprint density at radius 1 is 1.07 bits per heavy atom. The van der Waals surface area contributed by atoms with Crippen LogP contribution in [0.5, 0.6) is 0 Å². The summed E-state index contributed by atoms with van der Waals surface area (Å²) in [5.74, 6) is -0.904. The number of amides is 1. The van der Waals surface area contributed by atoms with Gasteiger partial charge in [0.15, 0.2) is 6.61 Å². The van der Waals surface area contributed by atoms with E-state index in [9.17, 15) is 9.59 Å². The van der Waals surface area contributed by atoms with E-state index >= 15 is 0 Å². The normalized spacial score (nSPS) is 10.5. The smallest absolute Gasteiger partial charge is 0.338 e. The maximum Gasteiger partial charge on any atom is 0.338 e. The average Bonchev–Trinajstić information content (AvgIpc) is 3.08. The van der Waals surface area contributed by atoms with Gasteiger partial charge in [-0.1, -0.05) is 18.2 Å². The molecular weight excluding hydrogens is 360 g/mol. The molecule has 0 spiro atoms. The number of anilines is 1. The Morgan fingerprint density at radius 2 is 1.89 bits per heavy atom. The maximum atomic E-state index is 12.1. The highest BCUT2D eigenvalue weighted by Crippen LogP contribution is 2.24. The molecule has 3 aromatic rings. The van der Waals surface area contributed by atoms with E-state index in [4.69, 9.17) is 4.74 Å². The van der Waals surface area contributed by atoms with Crippen LogP contribution >= 0.6 is 11.3 Å². The Hall–Kier alpha value is -2.99. The van der Waals surface area contributed by atoms with Crippen molar-refractivity contribution in [2.75, 3.05) is 11.9 Å². The Morgan fingerprint density at radius 3 is 2.59 bits per heavy atom. The number of hydrogen-bond donors (Lipinski definition) is 1. The number of aryl methyl sites for hydroxylation is 3. The van der Waals surface area contributed by atoms with Crippen molar-refractivity contribution in [3.63, 3.8) is 0 Å². The van der Waals surface area contributed by atoms with Crippen LogP contribution in [-0.4, -0.2) is 23.5 Å². The van der Waals surface area contributed by atoms with Crippen LogP contribution in [0.4, 0.5) is 5.69 Å². The van der Waals surface area contributed by atoms with Crippen molar-refractivity contribution < 1.29 is 14.3 Å². The van der Waals surface area contributed by atoms with Gasteiger partial charge in [0.05, 0.1) is 16.3 Å². The van der Waals surface area contributed by atoms with Crippen LogP contribution in [-0.2, 0) is 9.53 Å². The SMILES string of the molecule is Cc1nc(-c2cccc(NC(=O)COC(=O)c3ccc(C)c(C)c3)c2)cs1. The number of carbonyl (C=O) groups excluding carboxylic acids is 2. The fourth-order valence-corrected chi connectivity index (χ4v) is 3.15. The topological polar surface area (TPSA) is 68.3 Å². The van der Waals surface area contributed by atoms with Gasteiger partial charge in [0.2, 0.25) is 0 Å². The lowest BCUT2D eigenvalue weighted by molar-refractivity contribution is -0.119. The third kappa shape index (κ3) is 4.80. The molecule has 1 aromatic heterocycles. The fraction of sp³-hybridized carbons (Fsp3) is 0.190. The van der Waals surface area contributed by atoms with Gasteiger partial charge in [0.1, 0.15) is 0 Å². The van der Waals surface area contributed by atoms with Crippen molar-refractivity contribution in [3.05, 3.63) is 69.5 Å². The molecule has 138 valence electrons. The molecule has 0 saturated heterocycles. The predicted molar refractivity (Wildman–Crippen MR) is 107 cm³/mol. The van der Waals surface area contributed by atoms with Crippen LogP contribution in [0, 0.1) is 20.8 Å². The molecular formula is C21H20N2O3S. The number of nitrogens with zero attached hydrogens (tertiary/aromatic N) is 1. The minimum atomic E-state index is -0.514. The third-order valence-corrected chi connectivity index (χ3v) is 4.91. The standard InChI is InChI=1S/C21H20N2O3S/c1-13-7-8-17(9-14(13)2)21(25)26-11-20(24)23-18-6-4-5-16(10-18)19-12-27-15(3)22-19/h4-10,12H,11H2,1-3H3,(H,23,24). The second kappa shape index (κ2) is 8.14. The molecule has 1 amide bonds. The number of carbonyl (C=O) groups is 2. The van der Waals surface area contributed by atoms with Gasteiger partial charge in [-0.05, 0) is 56.2 Å². The van der Waals surface area contributed by atoms with Crippen molar-refractivity contribution in [1.29, 1.82) is 0 Å². The van der Waals surface area contributed by atoms with Crippen molar-refractivity contribution >= 4 is 28.9 Å². The molecule has 0 aliphatic heterocycles. The molecule has 1 heterocycles. The van der Waals surface area contributed by atoms with Crippen LogP contribution in [0.15, 0.2) is 47.8 Å². The average molecular weight is 380 g/mol. The molecule has 0 radical (unpaired) electrons. The van der Waals surface area contributed by atoms with Gasteiger partial charge < -0.3 is 10.1 Å². The van der Waals surface area contributed by atoms with E-state index in [-0.39, 0.29) is 6.61 Å². The van der Waals surface area contributed by atoms with E-state index in [1.807, 2.05) is 50.4 Å². The molecule has 6 heteroatoms. The van der Waals surface area contributed by atoms with E-state index in [0.29, 0.717) is 11.3 Å². The van der Waals surface area contributed by atoms with Crippen molar-refractivity contribution in [2.45, 2.75) is 20.8 Å². The summed E-state index contributed by atoms with van der Waals surface area (Å²) in [6.45, 7) is 5.50. The summed E-state index contributed by atoms with van der Waals surface area (Å²) in [7, 11) is 0. The summed E-state index contributed by atoms with van der Waals surface area (Å²) in [5, 5.41) is 5.70. The highest BCUT2D eigenvalue weighted by molar-refractivity contribution is 7.09. The Labute approximate surface area is 162 Å².